The van der Waals surface area contributed by atoms with Crippen LogP contribution in [0.15, 0.2) is 24.3 Å². The highest BCUT2D eigenvalue weighted by atomic mass is 19.1. The topological polar surface area (TPSA) is 41.6 Å². The van der Waals surface area contributed by atoms with Gasteiger partial charge in [0, 0.05) is 31.6 Å². The van der Waals surface area contributed by atoms with E-state index in [0.29, 0.717) is 24.4 Å². The van der Waals surface area contributed by atoms with Crippen LogP contribution in [-0.2, 0) is 16.0 Å². The molecule has 2 fully saturated rings. The highest BCUT2D eigenvalue weighted by Crippen LogP contribution is 2.23. The minimum Gasteiger partial charge on any atom is -0.376 e. The van der Waals surface area contributed by atoms with Crippen molar-refractivity contribution in [3.63, 3.8) is 0 Å². The van der Waals surface area contributed by atoms with Gasteiger partial charge >= 0.3 is 0 Å². The molecule has 120 valence electrons. The van der Waals surface area contributed by atoms with Crippen LogP contribution in [0.25, 0.3) is 0 Å². The molecule has 3 rings (SSSR count). The van der Waals surface area contributed by atoms with Crippen LogP contribution in [0.2, 0.25) is 0 Å². The molecule has 0 aliphatic carbocycles. The third-order valence-electron chi connectivity index (χ3n) is 4.54. The van der Waals surface area contributed by atoms with E-state index in [2.05, 4.69) is 17.1 Å². The lowest BCUT2D eigenvalue weighted by Crippen LogP contribution is -2.45. The van der Waals surface area contributed by atoms with Crippen molar-refractivity contribution >= 4 is 5.91 Å². The number of nitrogens with zero attached hydrogens (tertiary/aromatic N) is 1. The van der Waals surface area contributed by atoms with Gasteiger partial charge in [0.05, 0.1) is 12.7 Å². The molecule has 1 N–H and O–H groups in total. The van der Waals surface area contributed by atoms with Gasteiger partial charge in [-0.3, -0.25) is 9.69 Å². The number of hydrogen-bond acceptors (Lipinski definition) is 3. The first-order valence-electron chi connectivity index (χ1n) is 8.00. The highest BCUT2D eigenvalue weighted by molar-refractivity contribution is 5.76. The maximum atomic E-state index is 13.5. The summed E-state index contributed by atoms with van der Waals surface area (Å²) >= 11 is 0. The number of halogens is 1. The number of aryl methyl sites for hydroxylation is 1. The predicted molar refractivity (Wildman–Crippen MR) is 82.0 cm³/mol. The summed E-state index contributed by atoms with van der Waals surface area (Å²) in [5.41, 5.74) is 0.601. The van der Waals surface area contributed by atoms with Crippen LogP contribution in [0.5, 0.6) is 0 Å². The SMILES string of the molecule is C[C@H]1CN2C[C@@H](NC(=O)CCc3ccccc3F)C[C@H]2CO1. The Morgan fingerprint density at radius 3 is 3.05 bits per heavy atom. The summed E-state index contributed by atoms with van der Waals surface area (Å²) in [5, 5.41) is 3.08. The van der Waals surface area contributed by atoms with E-state index in [1.807, 2.05) is 0 Å². The summed E-state index contributed by atoms with van der Waals surface area (Å²) in [6.07, 6.45) is 1.98. The van der Waals surface area contributed by atoms with Crippen LogP contribution in [0.3, 0.4) is 0 Å². The summed E-state index contributed by atoms with van der Waals surface area (Å²) in [4.78, 5) is 14.5. The van der Waals surface area contributed by atoms with Crippen LogP contribution in [-0.4, -0.2) is 48.7 Å². The molecule has 1 aromatic rings. The molecule has 1 amide bonds. The summed E-state index contributed by atoms with van der Waals surface area (Å²) < 4.78 is 19.2. The van der Waals surface area contributed by atoms with E-state index in [1.54, 1.807) is 18.2 Å². The maximum absolute atomic E-state index is 13.5. The lowest BCUT2D eigenvalue weighted by molar-refractivity contribution is -0.121. The van der Waals surface area contributed by atoms with E-state index in [-0.39, 0.29) is 23.9 Å². The van der Waals surface area contributed by atoms with Gasteiger partial charge in [-0.25, -0.2) is 4.39 Å². The number of ether oxygens (including phenoxy) is 1. The van der Waals surface area contributed by atoms with Gasteiger partial charge in [-0.1, -0.05) is 18.2 Å². The van der Waals surface area contributed by atoms with E-state index in [9.17, 15) is 9.18 Å². The smallest absolute Gasteiger partial charge is 0.220 e. The van der Waals surface area contributed by atoms with Gasteiger partial charge in [-0.05, 0) is 31.4 Å². The van der Waals surface area contributed by atoms with Gasteiger partial charge in [0.1, 0.15) is 5.82 Å². The number of nitrogens with one attached hydrogen (secondary N) is 1. The minimum atomic E-state index is -0.237. The zero-order valence-electron chi connectivity index (χ0n) is 12.9. The zero-order chi connectivity index (χ0) is 15.5. The normalized spacial score (nSPS) is 28.4. The molecule has 2 aliphatic rings. The van der Waals surface area contributed by atoms with Gasteiger partial charge < -0.3 is 10.1 Å². The van der Waals surface area contributed by atoms with Crippen LogP contribution in [0.4, 0.5) is 4.39 Å². The van der Waals surface area contributed by atoms with Crippen LogP contribution >= 0.6 is 0 Å². The number of carbonyl (C=O) groups excluding carboxylic acids is 1. The number of carbonyl (C=O) groups is 1. The molecule has 2 heterocycles. The van der Waals surface area contributed by atoms with Crippen molar-refractivity contribution in [1.82, 2.24) is 10.2 Å². The van der Waals surface area contributed by atoms with Crippen LogP contribution < -0.4 is 5.32 Å². The Morgan fingerprint density at radius 1 is 1.41 bits per heavy atom. The third-order valence-corrected chi connectivity index (χ3v) is 4.54. The number of morpholine rings is 1. The molecule has 2 saturated heterocycles. The largest absolute Gasteiger partial charge is 0.376 e. The molecule has 0 spiro atoms. The average molecular weight is 306 g/mol. The number of rotatable bonds is 4. The first-order chi connectivity index (χ1) is 10.6. The molecule has 2 aliphatic heterocycles. The summed E-state index contributed by atoms with van der Waals surface area (Å²) in [6, 6.07) is 7.24. The number of benzene rings is 1. The molecule has 4 nitrogen and oxygen atoms in total. The molecule has 22 heavy (non-hydrogen) atoms. The van der Waals surface area contributed by atoms with Crippen molar-refractivity contribution in [2.24, 2.45) is 0 Å². The van der Waals surface area contributed by atoms with Gasteiger partial charge in [0.25, 0.3) is 0 Å². The van der Waals surface area contributed by atoms with Crippen molar-refractivity contribution in [3.05, 3.63) is 35.6 Å². The average Bonchev–Trinajstić information content (AvgIpc) is 2.87. The summed E-state index contributed by atoms with van der Waals surface area (Å²) in [7, 11) is 0. The number of hydrogen-bond donors (Lipinski definition) is 1. The first-order valence-corrected chi connectivity index (χ1v) is 8.00. The Kier molecular flexibility index (Phi) is 4.74. The molecule has 0 unspecified atom stereocenters. The highest BCUT2D eigenvalue weighted by Gasteiger charge is 2.36. The fourth-order valence-corrected chi connectivity index (χ4v) is 3.39. The van der Waals surface area contributed by atoms with E-state index in [4.69, 9.17) is 4.74 Å². The molecule has 1 aromatic carbocycles. The fourth-order valence-electron chi connectivity index (χ4n) is 3.39. The van der Waals surface area contributed by atoms with Gasteiger partial charge in [0.15, 0.2) is 0 Å². The van der Waals surface area contributed by atoms with Gasteiger partial charge in [0.2, 0.25) is 5.91 Å². The molecule has 0 aromatic heterocycles. The van der Waals surface area contributed by atoms with Crippen molar-refractivity contribution in [2.75, 3.05) is 19.7 Å². The first kappa shape index (κ1) is 15.4. The molecule has 0 radical (unpaired) electrons. The minimum absolute atomic E-state index is 0.00191. The summed E-state index contributed by atoms with van der Waals surface area (Å²) in [5.74, 6) is -0.235. The van der Waals surface area contributed by atoms with E-state index in [1.165, 1.54) is 6.07 Å². The Bertz CT molecular complexity index is 537. The van der Waals surface area contributed by atoms with Crippen molar-refractivity contribution in [3.8, 4) is 0 Å². The molecular formula is C17H23FN2O2. The van der Waals surface area contributed by atoms with Crippen molar-refractivity contribution < 1.29 is 13.9 Å². The molecular weight excluding hydrogens is 283 g/mol. The van der Waals surface area contributed by atoms with Crippen LogP contribution in [0.1, 0.15) is 25.3 Å². The lowest BCUT2D eigenvalue weighted by Gasteiger charge is -2.33. The maximum Gasteiger partial charge on any atom is 0.220 e. The van der Waals surface area contributed by atoms with Gasteiger partial charge in [-0.2, -0.15) is 0 Å². The van der Waals surface area contributed by atoms with E-state index < -0.39 is 0 Å². The molecule has 3 atom stereocenters. The Morgan fingerprint density at radius 2 is 2.23 bits per heavy atom. The standard InChI is InChI=1S/C17H23FN2O2/c1-12-9-20-10-14(8-15(20)11-22-12)19-17(21)7-6-13-4-2-3-5-16(13)18/h2-5,12,14-15H,6-11H2,1H3,(H,19,21)/t12-,14-,15-/m0/s1. The quantitative estimate of drug-likeness (QED) is 0.921. The molecule has 5 heteroatoms. The zero-order valence-corrected chi connectivity index (χ0v) is 12.9. The van der Waals surface area contributed by atoms with Crippen LogP contribution in [0, 0.1) is 5.82 Å². The Hall–Kier alpha value is -1.46. The summed E-state index contributed by atoms with van der Waals surface area (Å²) in [6.45, 7) is 4.66. The van der Waals surface area contributed by atoms with Crippen molar-refractivity contribution in [1.29, 1.82) is 0 Å². The lowest BCUT2D eigenvalue weighted by atomic mass is 10.1. The second-order valence-electron chi connectivity index (χ2n) is 6.34. The molecule has 0 saturated carbocycles. The number of amides is 1. The third kappa shape index (κ3) is 3.65. The molecule has 0 bridgehead atoms. The predicted octanol–water partition coefficient (Wildman–Crippen LogP) is 1.74. The van der Waals surface area contributed by atoms with E-state index in [0.717, 1.165) is 26.1 Å². The van der Waals surface area contributed by atoms with Crippen molar-refractivity contribution in [2.45, 2.75) is 44.4 Å². The van der Waals surface area contributed by atoms with E-state index >= 15 is 0 Å². The van der Waals surface area contributed by atoms with Gasteiger partial charge in [-0.15, -0.1) is 0 Å². The second-order valence-corrected chi connectivity index (χ2v) is 6.34. The Balaban J connectivity index is 1.46. The monoisotopic (exact) mass is 306 g/mol. The number of fused-ring (bicyclic) bond motifs is 1. The second kappa shape index (κ2) is 6.75. The Labute approximate surface area is 130 Å². The fraction of sp³-hybridized carbons (Fsp3) is 0.588.